The van der Waals surface area contributed by atoms with Gasteiger partial charge >= 0.3 is 0 Å². The second kappa shape index (κ2) is 8.55. The van der Waals surface area contributed by atoms with Crippen LogP contribution < -0.4 is 14.8 Å². The van der Waals surface area contributed by atoms with Crippen LogP contribution in [0.5, 0.6) is 11.5 Å². The maximum Gasteiger partial charge on any atom is 0.229 e. The molecule has 1 atom stereocenters. The number of hydrogen-bond donors (Lipinski definition) is 4. The molecule has 0 radical (unpaired) electrons. The molecule has 4 N–H and O–H groups in total. The Morgan fingerprint density at radius 2 is 2.00 bits per heavy atom. The van der Waals surface area contributed by atoms with Gasteiger partial charge in [0.05, 0.1) is 11.9 Å². The van der Waals surface area contributed by atoms with E-state index in [0.717, 1.165) is 19.1 Å². The molecule has 24 heavy (non-hydrogen) atoms. The molecular weight excluding hydrogens is 332 g/mol. The van der Waals surface area contributed by atoms with Crippen LogP contribution in [0.4, 0.5) is 5.69 Å². The summed E-state index contributed by atoms with van der Waals surface area (Å²) in [5, 5.41) is 23.0. The second-order valence-corrected chi connectivity index (χ2v) is 8.01. The lowest BCUT2D eigenvalue weighted by Gasteiger charge is -2.24. The Morgan fingerprint density at radius 1 is 1.29 bits per heavy atom. The average Bonchev–Trinajstić information content (AvgIpc) is 2.53. The minimum Gasteiger partial charge on any atom is -0.506 e. The number of rotatable bonds is 8. The number of phenolic OH excluding ortho intramolecular Hbond substituents is 1. The molecule has 1 aromatic carbocycles. The molecule has 0 bridgehead atoms. The summed E-state index contributed by atoms with van der Waals surface area (Å²) in [7, 11) is -3.49. The number of sulfonamides is 1. The zero-order valence-electron chi connectivity index (χ0n) is 13.9. The molecule has 0 unspecified atom stereocenters. The van der Waals surface area contributed by atoms with Crippen molar-refractivity contribution in [2.75, 3.05) is 24.1 Å². The molecular formula is C16H26N2O5S. The largest absolute Gasteiger partial charge is 0.506 e. The van der Waals surface area contributed by atoms with E-state index in [4.69, 9.17) is 4.74 Å². The van der Waals surface area contributed by atoms with Crippen LogP contribution in [0.25, 0.3) is 0 Å². The van der Waals surface area contributed by atoms with Gasteiger partial charge in [0.25, 0.3) is 0 Å². The number of anilines is 1. The molecule has 0 heterocycles. The van der Waals surface area contributed by atoms with Crippen LogP contribution in [-0.4, -0.2) is 50.2 Å². The highest BCUT2D eigenvalue weighted by Crippen LogP contribution is 2.28. The summed E-state index contributed by atoms with van der Waals surface area (Å²) in [5.41, 5.74) is 0.0461. The fourth-order valence-corrected chi connectivity index (χ4v) is 3.31. The lowest BCUT2D eigenvalue weighted by molar-refractivity contribution is 0.102. The summed E-state index contributed by atoms with van der Waals surface area (Å²) in [6.45, 7) is 0.542. The first-order chi connectivity index (χ1) is 11.3. The van der Waals surface area contributed by atoms with Gasteiger partial charge in [0.2, 0.25) is 10.0 Å². The molecule has 0 aromatic heterocycles. The van der Waals surface area contributed by atoms with E-state index in [9.17, 15) is 18.6 Å². The number of phenols is 1. The number of benzene rings is 1. The minimum absolute atomic E-state index is 0.0461. The molecule has 8 heteroatoms. The van der Waals surface area contributed by atoms with Gasteiger partial charge in [-0.3, -0.25) is 4.72 Å². The summed E-state index contributed by atoms with van der Waals surface area (Å²) >= 11 is 0. The zero-order chi connectivity index (χ0) is 17.6. The van der Waals surface area contributed by atoms with Crippen LogP contribution in [-0.2, 0) is 10.0 Å². The summed E-state index contributed by atoms with van der Waals surface area (Å²) in [6, 6.07) is 4.71. The monoisotopic (exact) mass is 358 g/mol. The Labute approximate surface area is 143 Å². The van der Waals surface area contributed by atoms with Crippen molar-refractivity contribution < 1.29 is 23.4 Å². The quantitative estimate of drug-likeness (QED) is 0.524. The van der Waals surface area contributed by atoms with Crippen LogP contribution in [0.15, 0.2) is 18.2 Å². The van der Waals surface area contributed by atoms with Crippen LogP contribution in [0, 0.1) is 0 Å². The Bertz CT molecular complexity index is 629. The maximum atomic E-state index is 11.3. The Kier molecular flexibility index (Phi) is 6.70. The van der Waals surface area contributed by atoms with Crippen molar-refractivity contribution in [3.8, 4) is 11.5 Å². The molecule has 0 spiro atoms. The fourth-order valence-electron chi connectivity index (χ4n) is 2.75. The highest BCUT2D eigenvalue weighted by atomic mass is 32.2. The molecule has 1 aliphatic rings. The predicted octanol–water partition coefficient (Wildman–Crippen LogP) is 1.43. The Hall–Kier alpha value is -1.51. The lowest BCUT2D eigenvalue weighted by atomic mass is 9.95. The molecule has 0 saturated heterocycles. The highest BCUT2D eigenvalue weighted by molar-refractivity contribution is 7.92. The van der Waals surface area contributed by atoms with Gasteiger partial charge in [-0.25, -0.2) is 8.42 Å². The third kappa shape index (κ3) is 6.54. The van der Waals surface area contributed by atoms with E-state index in [1.165, 1.54) is 37.5 Å². The van der Waals surface area contributed by atoms with E-state index in [0.29, 0.717) is 18.3 Å². The Balaban J connectivity index is 1.81. The van der Waals surface area contributed by atoms with Gasteiger partial charge in [0.1, 0.15) is 24.2 Å². The molecule has 2 rings (SSSR count). The van der Waals surface area contributed by atoms with Gasteiger partial charge in [-0.05, 0) is 25.0 Å². The lowest BCUT2D eigenvalue weighted by Crippen LogP contribution is -2.38. The highest BCUT2D eigenvalue weighted by Gasteiger charge is 2.15. The van der Waals surface area contributed by atoms with E-state index in [2.05, 4.69) is 10.0 Å². The zero-order valence-corrected chi connectivity index (χ0v) is 14.7. The van der Waals surface area contributed by atoms with Gasteiger partial charge in [-0.15, -0.1) is 0 Å². The van der Waals surface area contributed by atoms with Gasteiger partial charge in [0.15, 0.2) is 0 Å². The van der Waals surface area contributed by atoms with E-state index in [-0.39, 0.29) is 18.0 Å². The number of nitrogens with one attached hydrogen (secondary N) is 2. The van der Waals surface area contributed by atoms with Gasteiger partial charge < -0.3 is 20.3 Å². The van der Waals surface area contributed by atoms with Crippen molar-refractivity contribution >= 4 is 15.7 Å². The molecule has 1 aliphatic carbocycles. The normalized spacial score (nSPS) is 17.4. The minimum atomic E-state index is -3.49. The van der Waals surface area contributed by atoms with Crippen LogP contribution in [0.1, 0.15) is 32.1 Å². The first kappa shape index (κ1) is 18.8. The van der Waals surface area contributed by atoms with Crippen molar-refractivity contribution in [2.24, 2.45) is 0 Å². The van der Waals surface area contributed by atoms with Crippen molar-refractivity contribution in [3.05, 3.63) is 18.2 Å². The number of ether oxygens (including phenoxy) is 1. The molecule has 7 nitrogen and oxygen atoms in total. The van der Waals surface area contributed by atoms with E-state index < -0.39 is 16.1 Å². The van der Waals surface area contributed by atoms with Crippen LogP contribution in [0.2, 0.25) is 0 Å². The standard InChI is InChI=1S/C16H26N2O5S/c1-24(21,22)18-15-9-14(7-8-16(15)20)23-11-13(19)10-17-12-5-3-2-4-6-12/h7-9,12-13,17-20H,2-6,10-11H2,1H3/t13-/m0/s1. The summed E-state index contributed by atoms with van der Waals surface area (Å²) in [6.07, 6.45) is 6.38. The van der Waals surface area contributed by atoms with E-state index in [1.807, 2.05) is 0 Å². The van der Waals surface area contributed by atoms with Gasteiger partial charge in [-0.2, -0.15) is 0 Å². The first-order valence-electron chi connectivity index (χ1n) is 8.18. The second-order valence-electron chi connectivity index (χ2n) is 6.26. The fraction of sp³-hybridized carbons (Fsp3) is 0.625. The summed E-state index contributed by atoms with van der Waals surface area (Å²) in [5.74, 6) is 0.183. The van der Waals surface area contributed by atoms with Crippen molar-refractivity contribution in [1.82, 2.24) is 5.32 Å². The van der Waals surface area contributed by atoms with E-state index in [1.54, 1.807) is 0 Å². The van der Waals surface area contributed by atoms with Gasteiger partial charge in [-0.1, -0.05) is 19.3 Å². The molecule has 0 aliphatic heterocycles. The molecule has 136 valence electrons. The van der Waals surface area contributed by atoms with Crippen molar-refractivity contribution in [2.45, 2.75) is 44.2 Å². The number of aromatic hydroxyl groups is 1. The summed E-state index contributed by atoms with van der Waals surface area (Å²) in [4.78, 5) is 0. The molecule has 0 amide bonds. The number of hydrogen-bond acceptors (Lipinski definition) is 6. The average molecular weight is 358 g/mol. The number of aliphatic hydroxyl groups excluding tert-OH is 1. The molecule has 1 saturated carbocycles. The predicted molar refractivity (Wildman–Crippen MR) is 93.0 cm³/mol. The summed E-state index contributed by atoms with van der Waals surface area (Å²) < 4.78 is 30.2. The van der Waals surface area contributed by atoms with Crippen molar-refractivity contribution in [3.63, 3.8) is 0 Å². The maximum absolute atomic E-state index is 11.3. The van der Waals surface area contributed by atoms with Crippen LogP contribution >= 0.6 is 0 Å². The smallest absolute Gasteiger partial charge is 0.229 e. The number of aliphatic hydroxyl groups is 1. The first-order valence-corrected chi connectivity index (χ1v) is 10.1. The van der Waals surface area contributed by atoms with Crippen molar-refractivity contribution in [1.29, 1.82) is 0 Å². The van der Waals surface area contributed by atoms with Crippen LogP contribution in [0.3, 0.4) is 0 Å². The van der Waals surface area contributed by atoms with E-state index >= 15 is 0 Å². The Morgan fingerprint density at radius 3 is 2.67 bits per heavy atom. The third-order valence-corrected chi connectivity index (χ3v) is 4.54. The third-order valence-electron chi connectivity index (χ3n) is 3.95. The molecule has 1 aromatic rings. The van der Waals surface area contributed by atoms with Gasteiger partial charge in [0, 0.05) is 18.7 Å². The topological polar surface area (TPSA) is 108 Å². The SMILES string of the molecule is CS(=O)(=O)Nc1cc(OC[C@@H](O)CNC2CCCCC2)ccc1O. The molecule has 1 fully saturated rings.